The number of carbonyl (C=O) groups is 1. The quantitative estimate of drug-likeness (QED) is 0.796. The van der Waals surface area contributed by atoms with Gasteiger partial charge < -0.3 is 15.0 Å². The maximum absolute atomic E-state index is 11.9. The van der Waals surface area contributed by atoms with Gasteiger partial charge in [-0.3, -0.25) is 4.79 Å². The lowest BCUT2D eigenvalue weighted by Gasteiger charge is -2.19. The van der Waals surface area contributed by atoms with Crippen LogP contribution in [0.1, 0.15) is 12.0 Å². The Morgan fingerprint density at radius 3 is 2.91 bits per heavy atom. The number of likely N-dealkylation sites (N-methyl/N-ethyl adjacent to an activating group) is 1. The Labute approximate surface area is 131 Å². The molecule has 0 saturated carbocycles. The van der Waals surface area contributed by atoms with E-state index in [0.29, 0.717) is 13.2 Å². The SMILES string of the molecule is COCCCNC(=O)CN(C)c1cc(C)c2ccccc2n1. The van der Waals surface area contributed by atoms with Gasteiger partial charge in [0.1, 0.15) is 5.82 Å². The van der Waals surface area contributed by atoms with Gasteiger partial charge in [-0.25, -0.2) is 4.98 Å². The Hall–Kier alpha value is -2.14. The lowest BCUT2D eigenvalue weighted by Crippen LogP contribution is -2.36. The average molecular weight is 301 g/mol. The second kappa shape index (κ2) is 7.75. The van der Waals surface area contributed by atoms with E-state index < -0.39 is 0 Å². The van der Waals surface area contributed by atoms with Crippen molar-refractivity contribution < 1.29 is 9.53 Å². The molecule has 2 rings (SSSR count). The first kappa shape index (κ1) is 16.2. The first-order valence-corrected chi connectivity index (χ1v) is 7.45. The molecule has 0 aliphatic heterocycles. The third kappa shape index (κ3) is 4.18. The van der Waals surface area contributed by atoms with Crippen molar-refractivity contribution in [2.24, 2.45) is 0 Å². The zero-order chi connectivity index (χ0) is 15.9. The maximum atomic E-state index is 11.9. The molecule has 1 aromatic carbocycles. The van der Waals surface area contributed by atoms with Gasteiger partial charge in [0, 0.05) is 32.7 Å². The smallest absolute Gasteiger partial charge is 0.239 e. The van der Waals surface area contributed by atoms with Crippen LogP contribution >= 0.6 is 0 Å². The number of benzene rings is 1. The molecule has 0 unspecified atom stereocenters. The van der Waals surface area contributed by atoms with E-state index in [4.69, 9.17) is 4.74 Å². The molecule has 0 bridgehead atoms. The Bertz CT molecular complexity index is 643. The van der Waals surface area contributed by atoms with Crippen molar-refractivity contribution in [3.05, 3.63) is 35.9 Å². The number of nitrogens with zero attached hydrogens (tertiary/aromatic N) is 2. The topological polar surface area (TPSA) is 54.5 Å². The van der Waals surface area contributed by atoms with Crippen LogP contribution < -0.4 is 10.2 Å². The minimum atomic E-state index is -0.00813. The second-order valence-electron chi connectivity index (χ2n) is 5.37. The molecule has 5 nitrogen and oxygen atoms in total. The Balaban J connectivity index is 2.00. The van der Waals surface area contributed by atoms with E-state index in [-0.39, 0.29) is 12.5 Å². The molecular formula is C17H23N3O2. The van der Waals surface area contributed by atoms with Crippen molar-refractivity contribution in [1.82, 2.24) is 10.3 Å². The van der Waals surface area contributed by atoms with Crippen LogP contribution in [0.4, 0.5) is 5.82 Å². The summed E-state index contributed by atoms with van der Waals surface area (Å²) in [6.07, 6.45) is 0.819. The third-order valence-electron chi connectivity index (χ3n) is 3.53. The highest BCUT2D eigenvalue weighted by molar-refractivity contribution is 5.85. The van der Waals surface area contributed by atoms with Crippen LogP contribution in [-0.2, 0) is 9.53 Å². The molecule has 0 atom stereocenters. The number of anilines is 1. The second-order valence-corrected chi connectivity index (χ2v) is 5.37. The number of para-hydroxylation sites is 1. The normalized spacial score (nSPS) is 10.7. The van der Waals surface area contributed by atoms with Gasteiger partial charge in [0.05, 0.1) is 12.1 Å². The summed E-state index contributed by atoms with van der Waals surface area (Å²) < 4.78 is 4.96. The van der Waals surface area contributed by atoms with E-state index in [2.05, 4.69) is 23.3 Å². The molecule has 0 saturated heterocycles. The fourth-order valence-electron chi connectivity index (χ4n) is 2.32. The van der Waals surface area contributed by atoms with Crippen LogP contribution in [0.3, 0.4) is 0 Å². The van der Waals surface area contributed by atoms with Gasteiger partial charge in [0.25, 0.3) is 0 Å². The molecular weight excluding hydrogens is 278 g/mol. The standard InChI is InChI=1S/C17H23N3O2/c1-13-11-16(19-15-8-5-4-7-14(13)15)20(2)12-17(21)18-9-6-10-22-3/h4-5,7-8,11H,6,9-10,12H2,1-3H3,(H,18,21). The fraction of sp³-hybridized carbons (Fsp3) is 0.412. The monoisotopic (exact) mass is 301 g/mol. The number of ether oxygens (including phenoxy) is 1. The molecule has 118 valence electrons. The molecule has 1 N–H and O–H groups in total. The van der Waals surface area contributed by atoms with Crippen molar-refractivity contribution in [3.63, 3.8) is 0 Å². The number of fused-ring (bicyclic) bond motifs is 1. The van der Waals surface area contributed by atoms with E-state index in [0.717, 1.165) is 28.7 Å². The predicted octanol–water partition coefficient (Wildman–Crippen LogP) is 2.13. The van der Waals surface area contributed by atoms with Gasteiger partial charge in [-0.15, -0.1) is 0 Å². The molecule has 0 fully saturated rings. The summed E-state index contributed by atoms with van der Waals surface area (Å²) in [6, 6.07) is 10.0. The van der Waals surface area contributed by atoms with Crippen molar-refractivity contribution in [3.8, 4) is 0 Å². The number of hydrogen-bond acceptors (Lipinski definition) is 4. The zero-order valence-corrected chi connectivity index (χ0v) is 13.4. The van der Waals surface area contributed by atoms with Crippen LogP contribution in [0.25, 0.3) is 10.9 Å². The van der Waals surface area contributed by atoms with E-state index >= 15 is 0 Å². The maximum Gasteiger partial charge on any atom is 0.239 e. The minimum absolute atomic E-state index is 0.00813. The number of methoxy groups -OCH3 is 1. The van der Waals surface area contributed by atoms with E-state index in [9.17, 15) is 4.79 Å². The fourth-order valence-corrected chi connectivity index (χ4v) is 2.32. The molecule has 2 aromatic rings. The third-order valence-corrected chi connectivity index (χ3v) is 3.53. The lowest BCUT2D eigenvalue weighted by molar-refractivity contribution is -0.119. The first-order valence-electron chi connectivity index (χ1n) is 7.45. The summed E-state index contributed by atoms with van der Waals surface area (Å²) in [5.41, 5.74) is 2.11. The van der Waals surface area contributed by atoms with E-state index in [1.54, 1.807) is 7.11 Å². The first-order chi connectivity index (χ1) is 10.6. The average Bonchev–Trinajstić information content (AvgIpc) is 2.51. The number of aromatic nitrogens is 1. The van der Waals surface area contributed by atoms with Gasteiger partial charge in [-0.2, -0.15) is 0 Å². The number of pyridine rings is 1. The molecule has 22 heavy (non-hydrogen) atoms. The van der Waals surface area contributed by atoms with Gasteiger partial charge in [0.15, 0.2) is 0 Å². The van der Waals surface area contributed by atoms with Gasteiger partial charge in [-0.1, -0.05) is 18.2 Å². The number of carbonyl (C=O) groups excluding carboxylic acids is 1. The summed E-state index contributed by atoms with van der Waals surface area (Å²) in [5, 5.41) is 4.02. The van der Waals surface area contributed by atoms with E-state index in [1.807, 2.05) is 36.2 Å². The predicted molar refractivity (Wildman–Crippen MR) is 89.3 cm³/mol. The molecule has 0 spiro atoms. The number of hydrogen-bond donors (Lipinski definition) is 1. The Morgan fingerprint density at radius 1 is 1.36 bits per heavy atom. The molecule has 0 radical (unpaired) electrons. The highest BCUT2D eigenvalue weighted by atomic mass is 16.5. The zero-order valence-electron chi connectivity index (χ0n) is 13.4. The van der Waals surface area contributed by atoms with Crippen LogP contribution in [0.15, 0.2) is 30.3 Å². The summed E-state index contributed by atoms with van der Waals surface area (Å²) >= 11 is 0. The minimum Gasteiger partial charge on any atom is -0.385 e. The summed E-state index contributed by atoms with van der Waals surface area (Å²) in [5.74, 6) is 0.800. The van der Waals surface area contributed by atoms with Crippen LogP contribution in [0, 0.1) is 6.92 Å². The highest BCUT2D eigenvalue weighted by Crippen LogP contribution is 2.21. The van der Waals surface area contributed by atoms with Crippen LogP contribution in [0.5, 0.6) is 0 Å². The summed E-state index contributed by atoms with van der Waals surface area (Å²) in [7, 11) is 3.54. The lowest BCUT2D eigenvalue weighted by atomic mass is 10.1. The van der Waals surface area contributed by atoms with Crippen molar-refractivity contribution in [1.29, 1.82) is 0 Å². The summed E-state index contributed by atoms with van der Waals surface area (Å²) in [4.78, 5) is 18.4. The Kier molecular flexibility index (Phi) is 5.72. The highest BCUT2D eigenvalue weighted by Gasteiger charge is 2.10. The number of rotatable bonds is 7. The molecule has 1 amide bonds. The number of aryl methyl sites for hydroxylation is 1. The van der Waals surface area contributed by atoms with Crippen molar-refractivity contribution in [2.75, 3.05) is 38.8 Å². The molecule has 0 aliphatic rings. The number of amides is 1. The largest absolute Gasteiger partial charge is 0.385 e. The van der Waals surface area contributed by atoms with E-state index in [1.165, 1.54) is 0 Å². The van der Waals surface area contributed by atoms with Gasteiger partial charge >= 0.3 is 0 Å². The summed E-state index contributed by atoms with van der Waals surface area (Å²) in [6.45, 7) is 3.64. The molecule has 1 heterocycles. The van der Waals surface area contributed by atoms with Crippen LogP contribution in [-0.4, -0.2) is 44.7 Å². The molecule has 1 aromatic heterocycles. The van der Waals surface area contributed by atoms with Gasteiger partial charge in [-0.05, 0) is 31.0 Å². The molecule has 0 aliphatic carbocycles. The van der Waals surface area contributed by atoms with Crippen molar-refractivity contribution >= 4 is 22.6 Å². The molecule has 5 heteroatoms. The van der Waals surface area contributed by atoms with Crippen molar-refractivity contribution in [2.45, 2.75) is 13.3 Å². The Morgan fingerprint density at radius 2 is 2.14 bits per heavy atom. The van der Waals surface area contributed by atoms with Gasteiger partial charge in [0.2, 0.25) is 5.91 Å². The van der Waals surface area contributed by atoms with Crippen LogP contribution in [0.2, 0.25) is 0 Å². The number of nitrogens with one attached hydrogen (secondary N) is 1.